The molecule has 2 amide bonds. The molecule has 0 aliphatic carbocycles. The minimum absolute atomic E-state index is 0.0678. The van der Waals surface area contributed by atoms with Gasteiger partial charge in [-0.1, -0.05) is 12.1 Å². The zero-order valence-corrected chi connectivity index (χ0v) is 19.0. The summed E-state index contributed by atoms with van der Waals surface area (Å²) in [4.78, 5) is 29.5. The summed E-state index contributed by atoms with van der Waals surface area (Å²) in [5, 5.41) is 3.99. The summed E-state index contributed by atoms with van der Waals surface area (Å²) in [7, 11) is 1.60. The highest BCUT2D eigenvalue weighted by atomic mass is 16.5. The van der Waals surface area contributed by atoms with Crippen LogP contribution in [0.2, 0.25) is 0 Å². The zero-order chi connectivity index (χ0) is 23.2. The number of aromatic nitrogens is 1. The van der Waals surface area contributed by atoms with Crippen molar-refractivity contribution in [2.45, 2.75) is 32.7 Å². The second-order valence-electron chi connectivity index (χ2n) is 8.42. The quantitative estimate of drug-likeness (QED) is 0.509. The van der Waals surface area contributed by atoms with E-state index in [9.17, 15) is 9.59 Å². The summed E-state index contributed by atoms with van der Waals surface area (Å²) >= 11 is 0. The van der Waals surface area contributed by atoms with Crippen LogP contribution in [0.3, 0.4) is 0 Å². The Balaban J connectivity index is 1.45. The van der Waals surface area contributed by atoms with Crippen LogP contribution in [0.4, 0.5) is 0 Å². The summed E-state index contributed by atoms with van der Waals surface area (Å²) in [6, 6.07) is 12.5. The summed E-state index contributed by atoms with van der Waals surface area (Å²) in [6.45, 7) is 4.29. The van der Waals surface area contributed by atoms with Gasteiger partial charge in [-0.15, -0.1) is 0 Å². The fourth-order valence-electron chi connectivity index (χ4n) is 3.92. The van der Waals surface area contributed by atoms with Gasteiger partial charge in [0.25, 0.3) is 5.91 Å². The summed E-state index contributed by atoms with van der Waals surface area (Å²) in [6.07, 6.45) is 3.86. The van der Waals surface area contributed by atoms with Gasteiger partial charge in [0.15, 0.2) is 11.5 Å². The van der Waals surface area contributed by atoms with Crippen LogP contribution >= 0.6 is 0 Å². The molecule has 3 heterocycles. The van der Waals surface area contributed by atoms with Gasteiger partial charge in [-0.2, -0.15) is 0 Å². The second kappa shape index (κ2) is 10.4. The van der Waals surface area contributed by atoms with Crippen molar-refractivity contribution >= 4 is 11.8 Å². The number of rotatable bonds is 8. The van der Waals surface area contributed by atoms with Gasteiger partial charge in [0.1, 0.15) is 11.5 Å². The van der Waals surface area contributed by atoms with Crippen molar-refractivity contribution in [1.82, 2.24) is 15.0 Å². The van der Waals surface area contributed by atoms with E-state index in [2.05, 4.69) is 12.1 Å². The molecule has 0 unspecified atom stereocenters. The van der Waals surface area contributed by atoms with E-state index in [-0.39, 0.29) is 37.0 Å². The Morgan fingerprint density at radius 3 is 2.61 bits per heavy atom. The number of hydrogen-bond acceptors (Lipinski definition) is 6. The van der Waals surface area contributed by atoms with Crippen LogP contribution in [0.1, 0.15) is 42.4 Å². The summed E-state index contributed by atoms with van der Waals surface area (Å²) in [5.41, 5.74) is 0.973. The molecule has 33 heavy (non-hydrogen) atoms. The van der Waals surface area contributed by atoms with Crippen LogP contribution < -0.4 is 4.74 Å². The fraction of sp³-hybridized carbons (Fsp3) is 0.400. The third-order valence-corrected chi connectivity index (χ3v) is 6.05. The Morgan fingerprint density at radius 2 is 1.94 bits per heavy atom. The van der Waals surface area contributed by atoms with Crippen molar-refractivity contribution in [2.75, 3.05) is 26.7 Å². The summed E-state index contributed by atoms with van der Waals surface area (Å²) in [5.74, 6) is 2.26. The lowest BCUT2D eigenvalue weighted by molar-refractivity contribution is -0.132. The predicted molar refractivity (Wildman–Crippen MR) is 122 cm³/mol. The average Bonchev–Trinajstić information content (AvgIpc) is 3.54. The number of methoxy groups -OCH3 is 1. The molecule has 1 saturated heterocycles. The summed E-state index contributed by atoms with van der Waals surface area (Å²) < 4.78 is 16.0. The highest BCUT2D eigenvalue weighted by molar-refractivity contribution is 5.93. The maximum atomic E-state index is 13.3. The Morgan fingerprint density at radius 1 is 1.18 bits per heavy atom. The van der Waals surface area contributed by atoms with Crippen molar-refractivity contribution in [1.29, 1.82) is 0 Å². The number of carbonyl (C=O) groups excluding carboxylic acids is 2. The molecule has 8 nitrogen and oxygen atoms in total. The Hall–Kier alpha value is -3.55. The highest BCUT2D eigenvalue weighted by Gasteiger charge is 2.25. The molecule has 8 heteroatoms. The van der Waals surface area contributed by atoms with Crippen LogP contribution in [0, 0.1) is 5.92 Å². The van der Waals surface area contributed by atoms with Gasteiger partial charge in [0.2, 0.25) is 5.91 Å². The minimum Gasteiger partial charge on any atom is -0.497 e. The Bertz CT molecular complexity index is 1050. The molecule has 1 aliphatic rings. The van der Waals surface area contributed by atoms with E-state index in [1.807, 2.05) is 29.2 Å². The van der Waals surface area contributed by atoms with E-state index in [1.54, 1.807) is 36.5 Å². The predicted octanol–water partition coefficient (Wildman–Crippen LogP) is 4.23. The lowest BCUT2D eigenvalue weighted by Gasteiger charge is -2.31. The Kier molecular flexibility index (Phi) is 7.12. The van der Waals surface area contributed by atoms with Crippen molar-refractivity contribution in [2.24, 2.45) is 5.92 Å². The smallest absolute Gasteiger partial charge is 0.276 e. The molecule has 0 bridgehead atoms. The molecule has 0 saturated carbocycles. The molecule has 0 spiro atoms. The van der Waals surface area contributed by atoms with Gasteiger partial charge in [0, 0.05) is 37.7 Å². The molecule has 4 rings (SSSR count). The van der Waals surface area contributed by atoms with Crippen molar-refractivity contribution in [3.05, 3.63) is 60.2 Å². The first-order chi connectivity index (χ1) is 16.0. The lowest BCUT2D eigenvalue weighted by atomic mass is 9.99. The minimum atomic E-state index is -0.310. The van der Waals surface area contributed by atoms with Gasteiger partial charge in [-0.3, -0.25) is 9.59 Å². The largest absolute Gasteiger partial charge is 0.497 e. The first-order valence-corrected chi connectivity index (χ1v) is 11.2. The van der Waals surface area contributed by atoms with Gasteiger partial charge in [-0.05, 0) is 55.2 Å². The molecule has 174 valence electrons. The fourth-order valence-corrected chi connectivity index (χ4v) is 3.92. The molecular weight excluding hydrogens is 422 g/mol. The first kappa shape index (κ1) is 22.6. The number of furan rings is 1. The average molecular weight is 452 g/mol. The number of hydrogen-bond donors (Lipinski definition) is 0. The van der Waals surface area contributed by atoms with E-state index < -0.39 is 0 Å². The molecule has 0 radical (unpaired) electrons. The maximum Gasteiger partial charge on any atom is 0.276 e. The van der Waals surface area contributed by atoms with E-state index in [1.165, 1.54) is 0 Å². The highest BCUT2D eigenvalue weighted by Crippen LogP contribution is 2.24. The number of amides is 2. The number of carbonyl (C=O) groups is 2. The van der Waals surface area contributed by atoms with Gasteiger partial charge >= 0.3 is 0 Å². The molecule has 2 aromatic heterocycles. The zero-order valence-electron chi connectivity index (χ0n) is 19.0. The van der Waals surface area contributed by atoms with Crippen molar-refractivity contribution < 1.29 is 23.3 Å². The normalized spacial score (nSPS) is 14.3. The Labute approximate surface area is 193 Å². The van der Waals surface area contributed by atoms with Gasteiger partial charge < -0.3 is 23.5 Å². The monoisotopic (exact) mass is 451 g/mol. The van der Waals surface area contributed by atoms with Gasteiger partial charge in [0.05, 0.1) is 19.9 Å². The molecule has 1 aromatic carbocycles. The first-order valence-electron chi connectivity index (χ1n) is 11.2. The van der Waals surface area contributed by atoms with Crippen LogP contribution in [0.5, 0.6) is 5.75 Å². The number of ether oxygens (including phenoxy) is 1. The van der Waals surface area contributed by atoms with Crippen molar-refractivity contribution in [3.63, 3.8) is 0 Å². The van der Waals surface area contributed by atoms with Crippen LogP contribution in [-0.4, -0.2) is 53.5 Å². The van der Waals surface area contributed by atoms with E-state index in [0.717, 1.165) is 37.2 Å². The third kappa shape index (κ3) is 5.63. The molecule has 0 N–H and O–H groups in total. The number of piperidine rings is 1. The van der Waals surface area contributed by atoms with Crippen LogP contribution in [-0.2, 0) is 11.3 Å². The van der Waals surface area contributed by atoms with E-state index >= 15 is 0 Å². The molecular formula is C25H29N3O5. The molecule has 3 aromatic rings. The maximum absolute atomic E-state index is 13.3. The molecule has 1 aliphatic heterocycles. The van der Waals surface area contributed by atoms with Gasteiger partial charge in [-0.25, -0.2) is 0 Å². The molecule has 0 atom stereocenters. The SMILES string of the molecule is COc1ccc(-c2cc(C(=O)N(CCC(=O)N3CCC(C)CC3)Cc3ccco3)no2)cc1. The van der Waals surface area contributed by atoms with E-state index in [0.29, 0.717) is 17.4 Å². The van der Waals surface area contributed by atoms with Crippen LogP contribution in [0.25, 0.3) is 11.3 Å². The topological polar surface area (TPSA) is 89.0 Å². The second-order valence-corrected chi connectivity index (χ2v) is 8.42. The van der Waals surface area contributed by atoms with Crippen molar-refractivity contribution in [3.8, 4) is 17.1 Å². The number of likely N-dealkylation sites (tertiary alicyclic amines) is 1. The molecule has 1 fully saturated rings. The van der Waals surface area contributed by atoms with Crippen LogP contribution in [0.15, 0.2) is 57.7 Å². The van der Waals surface area contributed by atoms with E-state index in [4.69, 9.17) is 13.7 Å². The number of benzene rings is 1. The third-order valence-electron chi connectivity index (χ3n) is 6.05. The lowest BCUT2D eigenvalue weighted by Crippen LogP contribution is -2.40. The standard InChI is InChI=1S/C25H29N3O5/c1-18-9-12-27(13-10-18)24(29)11-14-28(17-21-4-3-15-32-21)25(30)22-16-23(33-26-22)19-5-7-20(31-2)8-6-19/h3-8,15-16,18H,9-14,17H2,1-2H3. The number of nitrogens with zero attached hydrogens (tertiary/aromatic N) is 3.